The Morgan fingerprint density at radius 2 is 1.75 bits per heavy atom. The first kappa shape index (κ1) is 10.9. The predicted octanol–water partition coefficient (Wildman–Crippen LogP) is 0.552. The Morgan fingerprint density at radius 3 is 1.75 bits per heavy atom. The van der Waals surface area contributed by atoms with E-state index in [1.54, 1.807) is 6.92 Å². The number of carbonyl (C=O) groups excluding carboxylic acids is 2. The van der Waals surface area contributed by atoms with Crippen LogP contribution in [-0.4, -0.2) is 11.6 Å². The van der Waals surface area contributed by atoms with E-state index in [1.165, 1.54) is 6.92 Å². The zero-order valence-electron chi connectivity index (χ0n) is 4.86. The second-order valence-electron chi connectivity index (χ2n) is 1.33. The minimum Gasteiger partial charge on any atom is -0.291 e. The maximum atomic E-state index is 10.2. The zero-order chi connectivity index (χ0) is 5.86. The molecule has 0 saturated carbocycles. The standard InChI is InChI=1S/C5H8O2.Ir/c1-3-5(7)4(2)6;/h3H2,1-2H3;. The molecule has 0 rings (SSSR count). The fraction of sp³-hybridized carbons (Fsp3) is 0.600. The van der Waals surface area contributed by atoms with Gasteiger partial charge in [0.05, 0.1) is 0 Å². The molecular weight excluding hydrogens is 284 g/mol. The van der Waals surface area contributed by atoms with Crippen molar-refractivity contribution in [2.24, 2.45) is 0 Å². The van der Waals surface area contributed by atoms with Gasteiger partial charge in [-0.2, -0.15) is 0 Å². The molecule has 0 atom stereocenters. The average molecular weight is 292 g/mol. The summed E-state index contributed by atoms with van der Waals surface area (Å²) < 4.78 is 0. The molecule has 0 aliphatic heterocycles. The first-order valence-electron chi connectivity index (χ1n) is 2.22. The summed E-state index contributed by atoms with van der Waals surface area (Å²) in [5.74, 6) is -0.637. The van der Waals surface area contributed by atoms with Gasteiger partial charge in [-0.15, -0.1) is 0 Å². The number of hydrogen-bond donors (Lipinski definition) is 0. The molecule has 0 N–H and O–H groups in total. The Morgan fingerprint density at radius 1 is 1.38 bits per heavy atom. The molecule has 3 heteroatoms. The van der Waals surface area contributed by atoms with E-state index >= 15 is 0 Å². The van der Waals surface area contributed by atoms with Crippen LogP contribution in [0.3, 0.4) is 0 Å². The summed E-state index contributed by atoms with van der Waals surface area (Å²) in [6, 6.07) is 0. The molecule has 0 aromatic heterocycles. The van der Waals surface area contributed by atoms with Crippen molar-refractivity contribution in [1.29, 1.82) is 0 Å². The van der Waals surface area contributed by atoms with Crippen molar-refractivity contribution in [2.45, 2.75) is 20.3 Å². The largest absolute Gasteiger partial charge is 0.291 e. The van der Waals surface area contributed by atoms with Gasteiger partial charge in [-0.1, -0.05) is 6.92 Å². The van der Waals surface area contributed by atoms with Crippen molar-refractivity contribution in [2.75, 3.05) is 0 Å². The van der Waals surface area contributed by atoms with Crippen LogP contribution in [0.5, 0.6) is 0 Å². The summed E-state index contributed by atoms with van der Waals surface area (Å²) >= 11 is 0. The van der Waals surface area contributed by atoms with Crippen LogP contribution < -0.4 is 0 Å². The number of hydrogen-bond acceptors (Lipinski definition) is 2. The summed E-state index contributed by atoms with van der Waals surface area (Å²) in [5, 5.41) is 0. The van der Waals surface area contributed by atoms with E-state index in [0.717, 1.165) is 0 Å². The van der Waals surface area contributed by atoms with E-state index in [9.17, 15) is 9.59 Å². The van der Waals surface area contributed by atoms with Crippen LogP contribution in [0.25, 0.3) is 0 Å². The third kappa shape index (κ3) is 4.16. The summed E-state index contributed by atoms with van der Waals surface area (Å²) in [6.07, 6.45) is 0.329. The van der Waals surface area contributed by atoms with Crippen molar-refractivity contribution in [1.82, 2.24) is 0 Å². The van der Waals surface area contributed by atoms with Gasteiger partial charge < -0.3 is 0 Å². The molecule has 2 nitrogen and oxygen atoms in total. The van der Waals surface area contributed by atoms with Gasteiger partial charge in [-0.3, -0.25) is 9.59 Å². The van der Waals surface area contributed by atoms with Crippen LogP contribution in [0.4, 0.5) is 0 Å². The second kappa shape index (κ2) is 5.13. The smallest absolute Gasteiger partial charge is 0.197 e. The van der Waals surface area contributed by atoms with Crippen molar-refractivity contribution < 1.29 is 29.7 Å². The molecule has 0 bridgehead atoms. The summed E-state index contributed by atoms with van der Waals surface area (Å²) in [5.41, 5.74) is 0. The molecule has 0 spiro atoms. The maximum Gasteiger partial charge on any atom is 0.197 e. The van der Waals surface area contributed by atoms with Gasteiger partial charge in [0.15, 0.2) is 11.6 Å². The molecule has 0 unspecified atom stereocenters. The van der Waals surface area contributed by atoms with Gasteiger partial charge in [0.1, 0.15) is 0 Å². The third-order valence-electron chi connectivity index (χ3n) is 0.714. The minimum absolute atomic E-state index is 0. The van der Waals surface area contributed by atoms with Crippen LogP contribution in [0.2, 0.25) is 0 Å². The van der Waals surface area contributed by atoms with Gasteiger partial charge in [0.25, 0.3) is 0 Å². The van der Waals surface area contributed by atoms with Crippen LogP contribution in [0.15, 0.2) is 0 Å². The van der Waals surface area contributed by atoms with E-state index in [4.69, 9.17) is 0 Å². The van der Waals surface area contributed by atoms with E-state index in [0.29, 0.717) is 6.42 Å². The van der Waals surface area contributed by atoms with Crippen LogP contribution in [-0.2, 0) is 29.7 Å². The van der Waals surface area contributed by atoms with Gasteiger partial charge >= 0.3 is 0 Å². The molecule has 0 fully saturated rings. The van der Waals surface area contributed by atoms with Crippen LogP contribution in [0, 0.1) is 0 Å². The van der Waals surface area contributed by atoms with Crippen molar-refractivity contribution in [3.8, 4) is 0 Å². The van der Waals surface area contributed by atoms with Gasteiger partial charge in [0.2, 0.25) is 0 Å². The molecule has 0 heterocycles. The predicted molar refractivity (Wildman–Crippen MR) is 26.0 cm³/mol. The third-order valence-corrected chi connectivity index (χ3v) is 0.714. The fourth-order valence-electron chi connectivity index (χ4n) is 0.249. The van der Waals surface area contributed by atoms with E-state index in [2.05, 4.69) is 0 Å². The quantitative estimate of drug-likeness (QED) is 0.697. The first-order valence-corrected chi connectivity index (χ1v) is 2.22. The number of ketones is 2. The first-order chi connectivity index (χ1) is 3.18. The normalized spacial score (nSPS) is 7.25. The van der Waals surface area contributed by atoms with E-state index < -0.39 is 0 Å². The van der Waals surface area contributed by atoms with Gasteiger partial charge in [-0.25, -0.2) is 0 Å². The number of rotatable bonds is 2. The maximum absolute atomic E-state index is 10.2. The zero-order valence-corrected chi connectivity index (χ0v) is 7.25. The van der Waals surface area contributed by atoms with E-state index in [1.807, 2.05) is 0 Å². The summed E-state index contributed by atoms with van der Waals surface area (Å²) in [7, 11) is 0. The topological polar surface area (TPSA) is 34.1 Å². The summed E-state index contributed by atoms with van der Waals surface area (Å²) in [4.78, 5) is 20.2. The Balaban J connectivity index is 0. The Kier molecular flexibility index (Phi) is 6.98. The molecule has 8 heavy (non-hydrogen) atoms. The molecule has 0 aliphatic rings. The van der Waals surface area contributed by atoms with E-state index in [-0.39, 0.29) is 31.7 Å². The molecule has 0 amide bonds. The monoisotopic (exact) mass is 293 g/mol. The van der Waals surface area contributed by atoms with Crippen molar-refractivity contribution >= 4 is 11.6 Å². The van der Waals surface area contributed by atoms with Crippen molar-refractivity contribution in [3.63, 3.8) is 0 Å². The Bertz CT molecular complexity index is 98.6. The molecule has 49 valence electrons. The number of Topliss-reactive ketones (excluding diaryl/α,β-unsaturated/α-hetero) is 2. The van der Waals surface area contributed by atoms with Crippen LogP contribution in [0.1, 0.15) is 20.3 Å². The Hall–Kier alpha value is -0.0106. The molecule has 0 saturated heterocycles. The van der Waals surface area contributed by atoms with Crippen LogP contribution >= 0.6 is 0 Å². The fourth-order valence-corrected chi connectivity index (χ4v) is 0.249. The Labute approximate surface area is 62.0 Å². The molecular formula is C5H8IrO2. The molecule has 0 aliphatic carbocycles. The minimum atomic E-state index is -0.345. The van der Waals surface area contributed by atoms with Gasteiger partial charge in [-0.05, 0) is 0 Å². The molecule has 0 aromatic carbocycles. The van der Waals surface area contributed by atoms with Crippen molar-refractivity contribution in [3.05, 3.63) is 0 Å². The second-order valence-corrected chi connectivity index (χ2v) is 1.33. The summed E-state index contributed by atoms with van der Waals surface area (Å²) in [6.45, 7) is 2.95. The van der Waals surface area contributed by atoms with Gasteiger partial charge in [0, 0.05) is 33.4 Å². The average Bonchev–Trinajstić information content (AvgIpc) is 1.65. The number of carbonyl (C=O) groups is 2. The SMILES string of the molecule is CCC(=O)C(C)=O.[Ir]. The molecule has 0 aromatic rings. The molecule has 1 radical (unpaired) electrons.